The average molecular weight is 331 g/mol. The summed E-state index contributed by atoms with van der Waals surface area (Å²) in [5, 5.41) is 1.53. The Morgan fingerprint density at radius 1 is 1.35 bits per heavy atom. The second-order valence-corrected chi connectivity index (χ2v) is 5.47. The van der Waals surface area contributed by atoms with Gasteiger partial charge in [-0.3, -0.25) is 0 Å². The summed E-state index contributed by atoms with van der Waals surface area (Å²) in [6.07, 6.45) is 1.75. The Morgan fingerprint density at radius 3 is 2.94 bits per heavy atom. The fourth-order valence-electron chi connectivity index (χ4n) is 1.22. The lowest BCUT2D eigenvalue weighted by molar-refractivity contribution is 1.10. The van der Waals surface area contributed by atoms with Crippen molar-refractivity contribution >= 4 is 45.1 Å². The molecule has 0 spiro atoms. The van der Waals surface area contributed by atoms with Crippen LogP contribution in [0.1, 0.15) is 5.69 Å². The molecule has 0 aliphatic carbocycles. The smallest absolute Gasteiger partial charge is 0.123 e. The van der Waals surface area contributed by atoms with Crippen LogP contribution in [0.25, 0.3) is 0 Å². The van der Waals surface area contributed by atoms with Crippen LogP contribution in [0, 0.1) is 0 Å². The van der Waals surface area contributed by atoms with E-state index in [1.54, 1.807) is 30.1 Å². The molecule has 2 heterocycles. The van der Waals surface area contributed by atoms with Gasteiger partial charge in [-0.25, -0.2) is 9.97 Å². The highest BCUT2D eigenvalue weighted by Crippen LogP contribution is 2.29. The van der Waals surface area contributed by atoms with Crippen LogP contribution in [0.15, 0.2) is 40.0 Å². The van der Waals surface area contributed by atoms with Gasteiger partial charge in [0, 0.05) is 16.4 Å². The second kappa shape index (κ2) is 5.71. The first-order valence-corrected chi connectivity index (χ1v) is 6.96. The van der Waals surface area contributed by atoms with Crippen LogP contribution < -0.4 is 5.73 Å². The summed E-state index contributed by atoms with van der Waals surface area (Å²) >= 11 is 11.0. The molecule has 0 atom stereocenters. The highest BCUT2D eigenvalue weighted by Gasteiger charge is 2.06. The lowest BCUT2D eigenvalue weighted by atomic mass is 10.4. The van der Waals surface area contributed by atoms with Gasteiger partial charge in [0.25, 0.3) is 0 Å². The topological polar surface area (TPSA) is 51.8 Å². The number of halogens is 2. The summed E-state index contributed by atoms with van der Waals surface area (Å²) < 4.78 is 0.963. The standard InChI is InChI=1S/C11H9BrClN3S/c12-7-2-1-5-15-11(7)17-6-9-8(13)3-4-10(14)16-9/h1-5H,6H2,(H2,14,16). The first kappa shape index (κ1) is 12.7. The Kier molecular flexibility index (Phi) is 4.25. The monoisotopic (exact) mass is 329 g/mol. The van der Waals surface area contributed by atoms with E-state index in [2.05, 4.69) is 25.9 Å². The maximum absolute atomic E-state index is 6.04. The van der Waals surface area contributed by atoms with Crippen LogP contribution in [-0.4, -0.2) is 9.97 Å². The molecule has 0 bridgehead atoms. The van der Waals surface area contributed by atoms with E-state index in [1.165, 1.54) is 0 Å². The maximum atomic E-state index is 6.04. The Labute approximate surface area is 117 Å². The van der Waals surface area contributed by atoms with Crippen LogP contribution in [0.4, 0.5) is 5.82 Å². The molecule has 88 valence electrons. The van der Waals surface area contributed by atoms with Gasteiger partial charge in [0.05, 0.1) is 10.7 Å². The van der Waals surface area contributed by atoms with Crippen molar-refractivity contribution in [1.29, 1.82) is 0 Å². The number of hydrogen-bond donors (Lipinski definition) is 1. The minimum atomic E-state index is 0.477. The zero-order valence-electron chi connectivity index (χ0n) is 8.73. The Bertz CT molecular complexity index is 536. The number of nitrogen functional groups attached to an aromatic ring is 1. The predicted octanol–water partition coefficient (Wildman–Crippen LogP) is 3.77. The Balaban J connectivity index is 2.12. The molecule has 0 aromatic carbocycles. The van der Waals surface area contributed by atoms with E-state index in [0.29, 0.717) is 16.6 Å². The quantitative estimate of drug-likeness (QED) is 0.870. The highest BCUT2D eigenvalue weighted by molar-refractivity contribution is 9.10. The lowest BCUT2D eigenvalue weighted by Crippen LogP contribution is -1.95. The molecular formula is C11H9BrClN3S. The third-order valence-corrected chi connectivity index (χ3v) is 4.27. The summed E-state index contributed by atoms with van der Waals surface area (Å²) in [6.45, 7) is 0. The van der Waals surface area contributed by atoms with Crippen molar-refractivity contribution in [3.63, 3.8) is 0 Å². The molecule has 3 nitrogen and oxygen atoms in total. The van der Waals surface area contributed by atoms with Gasteiger partial charge in [-0.1, -0.05) is 23.4 Å². The third kappa shape index (κ3) is 3.34. The van der Waals surface area contributed by atoms with Crippen LogP contribution in [0.5, 0.6) is 0 Å². The molecule has 0 aliphatic heterocycles. The molecule has 17 heavy (non-hydrogen) atoms. The van der Waals surface area contributed by atoms with Crippen molar-refractivity contribution in [3.8, 4) is 0 Å². The average Bonchev–Trinajstić information content (AvgIpc) is 2.32. The summed E-state index contributed by atoms with van der Waals surface area (Å²) in [7, 11) is 0. The molecule has 6 heteroatoms. The number of anilines is 1. The molecule has 0 unspecified atom stereocenters. The summed E-state index contributed by atoms with van der Waals surface area (Å²) in [4.78, 5) is 8.46. The number of rotatable bonds is 3. The molecule has 0 radical (unpaired) electrons. The third-order valence-electron chi connectivity index (χ3n) is 2.01. The number of aromatic nitrogens is 2. The summed E-state index contributed by atoms with van der Waals surface area (Å²) in [6, 6.07) is 7.27. The second-order valence-electron chi connectivity index (χ2n) is 3.24. The van der Waals surface area contributed by atoms with Gasteiger partial charge in [-0.05, 0) is 40.2 Å². The highest BCUT2D eigenvalue weighted by atomic mass is 79.9. The largest absolute Gasteiger partial charge is 0.384 e. The fraction of sp³-hybridized carbons (Fsp3) is 0.0909. The van der Waals surface area contributed by atoms with Crippen molar-refractivity contribution in [3.05, 3.63) is 45.7 Å². The predicted molar refractivity (Wildman–Crippen MR) is 75.2 cm³/mol. The van der Waals surface area contributed by atoms with Crippen molar-refractivity contribution in [2.75, 3.05) is 5.73 Å². The molecule has 2 rings (SSSR count). The first-order valence-electron chi connectivity index (χ1n) is 4.81. The van der Waals surface area contributed by atoms with Gasteiger partial charge >= 0.3 is 0 Å². The normalized spacial score (nSPS) is 10.5. The number of nitrogens with zero attached hydrogens (tertiary/aromatic N) is 2. The molecule has 0 saturated heterocycles. The number of hydrogen-bond acceptors (Lipinski definition) is 4. The molecular weight excluding hydrogens is 322 g/mol. The molecule has 2 aromatic heterocycles. The maximum Gasteiger partial charge on any atom is 0.123 e. The van der Waals surface area contributed by atoms with E-state index in [0.717, 1.165) is 15.2 Å². The molecule has 0 saturated carbocycles. The molecule has 2 N–H and O–H groups in total. The van der Waals surface area contributed by atoms with Crippen LogP contribution in [-0.2, 0) is 5.75 Å². The molecule has 0 fully saturated rings. The minimum Gasteiger partial charge on any atom is -0.384 e. The van der Waals surface area contributed by atoms with Gasteiger partial charge in [0.2, 0.25) is 0 Å². The van der Waals surface area contributed by atoms with Gasteiger partial charge in [-0.2, -0.15) is 0 Å². The van der Waals surface area contributed by atoms with E-state index in [9.17, 15) is 0 Å². The molecule has 0 aliphatic rings. The van der Waals surface area contributed by atoms with Crippen molar-refractivity contribution in [2.24, 2.45) is 0 Å². The Hall–Kier alpha value is -0.780. The van der Waals surface area contributed by atoms with Crippen molar-refractivity contribution < 1.29 is 0 Å². The Morgan fingerprint density at radius 2 is 2.18 bits per heavy atom. The van der Waals surface area contributed by atoms with E-state index < -0.39 is 0 Å². The summed E-state index contributed by atoms with van der Waals surface area (Å²) in [5.74, 6) is 1.12. The minimum absolute atomic E-state index is 0.477. The first-order chi connectivity index (χ1) is 8.16. The zero-order chi connectivity index (χ0) is 12.3. The SMILES string of the molecule is Nc1ccc(Cl)c(CSc2ncccc2Br)n1. The van der Waals surface area contributed by atoms with E-state index in [-0.39, 0.29) is 0 Å². The number of thioether (sulfide) groups is 1. The molecule has 0 amide bonds. The van der Waals surface area contributed by atoms with Crippen molar-refractivity contribution in [1.82, 2.24) is 9.97 Å². The van der Waals surface area contributed by atoms with Crippen LogP contribution >= 0.6 is 39.3 Å². The van der Waals surface area contributed by atoms with Crippen LogP contribution in [0.2, 0.25) is 5.02 Å². The zero-order valence-corrected chi connectivity index (χ0v) is 11.9. The molecule has 2 aromatic rings. The van der Waals surface area contributed by atoms with E-state index in [4.69, 9.17) is 17.3 Å². The fourth-order valence-corrected chi connectivity index (χ4v) is 2.90. The number of pyridine rings is 2. The van der Waals surface area contributed by atoms with E-state index in [1.807, 2.05) is 12.1 Å². The van der Waals surface area contributed by atoms with Crippen LogP contribution in [0.3, 0.4) is 0 Å². The van der Waals surface area contributed by atoms with E-state index >= 15 is 0 Å². The van der Waals surface area contributed by atoms with Gasteiger partial charge in [0.1, 0.15) is 10.8 Å². The van der Waals surface area contributed by atoms with Gasteiger partial charge in [-0.15, -0.1) is 0 Å². The van der Waals surface area contributed by atoms with Gasteiger partial charge < -0.3 is 5.73 Å². The summed E-state index contributed by atoms with van der Waals surface area (Å²) in [5.41, 5.74) is 6.39. The van der Waals surface area contributed by atoms with Crippen molar-refractivity contribution in [2.45, 2.75) is 10.8 Å². The van der Waals surface area contributed by atoms with Gasteiger partial charge in [0.15, 0.2) is 0 Å². The number of nitrogens with two attached hydrogens (primary N) is 1. The lowest BCUT2D eigenvalue weighted by Gasteiger charge is -2.05.